The molecular weight excluding hydrogens is 404 g/mol. The van der Waals surface area contributed by atoms with Gasteiger partial charge in [0.25, 0.3) is 0 Å². The first-order valence-electron chi connectivity index (χ1n) is 9.38. The first-order valence-corrected chi connectivity index (χ1v) is 10.2. The topological polar surface area (TPSA) is 109 Å². The van der Waals surface area contributed by atoms with Gasteiger partial charge in [-0.3, -0.25) is 20.2 Å². The Morgan fingerprint density at radius 1 is 1.00 bits per heavy atom. The number of carbonyl (C=O) groups is 3. The van der Waals surface area contributed by atoms with Gasteiger partial charge in [-0.2, -0.15) is 0 Å². The molecule has 0 unspecified atom stereocenters. The van der Waals surface area contributed by atoms with E-state index in [9.17, 15) is 14.4 Å². The fourth-order valence-corrected chi connectivity index (χ4v) is 3.16. The van der Waals surface area contributed by atoms with E-state index in [1.807, 2.05) is 36.4 Å². The van der Waals surface area contributed by atoms with Crippen molar-refractivity contribution in [1.29, 1.82) is 0 Å². The largest absolute Gasteiger partial charge is 0.450 e. The number of ether oxygens (including phenoxy) is 1. The lowest BCUT2D eigenvalue weighted by Crippen LogP contribution is -2.43. The molecule has 2 aromatic rings. The van der Waals surface area contributed by atoms with Crippen LogP contribution < -0.4 is 16.0 Å². The molecule has 0 spiro atoms. The summed E-state index contributed by atoms with van der Waals surface area (Å²) in [5.74, 6) is -0.691. The Kier molecular flexibility index (Phi) is 8.89. The third-order valence-corrected chi connectivity index (χ3v) is 4.56. The number of rotatable bonds is 6. The van der Waals surface area contributed by atoms with Crippen molar-refractivity contribution >= 4 is 47.0 Å². The van der Waals surface area contributed by atoms with Crippen molar-refractivity contribution in [2.75, 3.05) is 11.9 Å². The van der Waals surface area contributed by atoms with Gasteiger partial charge in [0.1, 0.15) is 0 Å². The standard InChI is InChI=1S/C21H24N4O4S/c1-4-19(27)24-20(25-21(28)29-5-2)23-17-12-11-16(13-18(17)22-14(3)26)30-15-9-7-6-8-10-15/h6-13H,4-5H2,1-3H3,(H,22,26)(H2,23,24,25,27,28). The lowest BCUT2D eigenvalue weighted by Gasteiger charge is -2.13. The van der Waals surface area contributed by atoms with Crippen molar-refractivity contribution in [2.24, 2.45) is 4.99 Å². The Morgan fingerprint density at radius 3 is 2.37 bits per heavy atom. The molecule has 9 heteroatoms. The van der Waals surface area contributed by atoms with E-state index in [-0.39, 0.29) is 30.8 Å². The maximum atomic E-state index is 11.8. The molecule has 0 radical (unpaired) electrons. The van der Waals surface area contributed by atoms with Crippen LogP contribution in [0, 0.1) is 0 Å². The summed E-state index contributed by atoms with van der Waals surface area (Å²) in [5, 5.41) is 7.66. The first kappa shape index (κ1) is 23.0. The summed E-state index contributed by atoms with van der Waals surface area (Å²) in [7, 11) is 0. The number of carbonyl (C=O) groups excluding carboxylic acids is 3. The molecule has 0 aromatic heterocycles. The SMILES string of the molecule is CCOC(=O)NC(=Nc1ccc(Sc2ccccc2)cc1NC(C)=O)NC(=O)CC. The molecule has 158 valence electrons. The van der Waals surface area contributed by atoms with Crippen LogP contribution in [0.5, 0.6) is 0 Å². The number of alkyl carbamates (subject to hydrolysis) is 1. The third-order valence-electron chi connectivity index (χ3n) is 3.56. The van der Waals surface area contributed by atoms with Gasteiger partial charge < -0.3 is 10.1 Å². The molecule has 0 aliphatic rings. The molecule has 3 N–H and O–H groups in total. The zero-order valence-corrected chi connectivity index (χ0v) is 17.8. The minimum absolute atomic E-state index is 0.0876. The molecule has 30 heavy (non-hydrogen) atoms. The summed E-state index contributed by atoms with van der Waals surface area (Å²) in [6, 6.07) is 15.1. The number of aliphatic imine (C=N–C) groups is 1. The van der Waals surface area contributed by atoms with Crippen molar-refractivity contribution in [2.45, 2.75) is 37.0 Å². The average Bonchev–Trinajstić information content (AvgIpc) is 2.70. The van der Waals surface area contributed by atoms with Crippen molar-refractivity contribution in [3.8, 4) is 0 Å². The maximum Gasteiger partial charge on any atom is 0.413 e. The van der Waals surface area contributed by atoms with Crippen LogP contribution in [0.2, 0.25) is 0 Å². The second-order valence-corrected chi connectivity index (χ2v) is 7.13. The highest BCUT2D eigenvalue weighted by atomic mass is 32.2. The van der Waals surface area contributed by atoms with Crippen LogP contribution in [0.3, 0.4) is 0 Å². The highest BCUT2D eigenvalue weighted by molar-refractivity contribution is 7.99. The minimum atomic E-state index is -0.745. The van der Waals surface area contributed by atoms with Gasteiger partial charge in [-0.1, -0.05) is 36.9 Å². The smallest absolute Gasteiger partial charge is 0.413 e. The second kappa shape index (κ2) is 11.6. The maximum absolute atomic E-state index is 11.8. The quantitative estimate of drug-likeness (QED) is 0.475. The van der Waals surface area contributed by atoms with Gasteiger partial charge in [0.15, 0.2) is 0 Å². The normalized spacial score (nSPS) is 10.8. The van der Waals surface area contributed by atoms with E-state index in [1.165, 1.54) is 18.7 Å². The highest BCUT2D eigenvalue weighted by Gasteiger charge is 2.12. The molecule has 0 aliphatic heterocycles. The van der Waals surface area contributed by atoms with E-state index in [4.69, 9.17) is 4.74 Å². The predicted octanol–water partition coefficient (Wildman–Crippen LogP) is 4.06. The highest BCUT2D eigenvalue weighted by Crippen LogP contribution is 2.34. The number of benzene rings is 2. The van der Waals surface area contributed by atoms with Gasteiger partial charge in [0, 0.05) is 23.1 Å². The van der Waals surface area contributed by atoms with Crippen molar-refractivity contribution < 1.29 is 19.1 Å². The summed E-state index contributed by atoms with van der Waals surface area (Å²) < 4.78 is 4.85. The Bertz CT molecular complexity index is 932. The molecule has 0 heterocycles. The fourth-order valence-electron chi connectivity index (χ4n) is 2.28. The predicted molar refractivity (Wildman–Crippen MR) is 117 cm³/mol. The van der Waals surface area contributed by atoms with Crippen LogP contribution in [0.1, 0.15) is 27.2 Å². The second-order valence-electron chi connectivity index (χ2n) is 5.98. The van der Waals surface area contributed by atoms with Gasteiger partial charge >= 0.3 is 6.09 Å². The first-order chi connectivity index (χ1) is 14.4. The summed E-state index contributed by atoms with van der Waals surface area (Å²) in [4.78, 5) is 41.5. The molecule has 3 amide bonds. The molecule has 2 rings (SSSR count). The van der Waals surface area contributed by atoms with Crippen LogP contribution in [0.15, 0.2) is 63.3 Å². The van der Waals surface area contributed by atoms with Gasteiger partial charge in [0.2, 0.25) is 17.8 Å². The van der Waals surface area contributed by atoms with E-state index in [0.717, 1.165) is 9.79 Å². The molecule has 0 saturated heterocycles. The zero-order valence-electron chi connectivity index (χ0n) is 17.0. The van der Waals surface area contributed by atoms with Crippen molar-refractivity contribution in [1.82, 2.24) is 10.6 Å². The molecule has 0 atom stereocenters. The Morgan fingerprint density at radius 2 is 1.73 bits per heavy atom. The molecule has 2 aromatic carbocycles. The fraction of sp³-hybridized carbons (Fsp3) is 0.238. The number of anilines is 1. The summed E-state index contributed by atoms with van der Waals surface area (Å²) in [6.45, 7) is 4.90. The number of amides is 3. The van der Waals surface area contributed by atoms with Crippen molar-refractivity contribution in [3.05, 3.63) is 48.5 Å². The summed E-state index contributed by atoms with van der Waals surface area (Å²) >= 11 is 1.53. The van der Waals surface area contributed by atoms with Crippen LogP contribution in [-0.2, 0) is 14.3 Å². The lowest BCUT2D eigenvalue weighted by atomic mass is 10.2. The number of guanidine groups is 1. The summed E-state index contributed by atoms with van der Waals surface area (Å²) in [5.41, 5.74) is 0.808. The van der Waals surface area contributed by atoms with E-state index in [2.05, 4.69) is 20.9 Å². The minimum Gasteiger partial charge on any atom is -0.450 e. The van der Waals surface area contributed by atoms with Crippen LogP contribution >= 0.6 is 11.8 Å². The molecular formula is C21H24N4O4S. The molecule has 0 aliphatic carbocycles. The number of hydrogen-bond acceptors (Lipinski definition) is 6. The van der Waals surface area contributed by atoms with Crippen molar-refractivity contribution in [3.63, 3.8) is 0 Å². The van der Waals surface area contributed by atoms with E-state index in [1.54, 1.807) is 26.0 Å². The lowest BCUT2D eigenvalue weighted by molar-refractivity contribution is -0.119. The van der Waals surface area contributed by atoms with Gasteiger partial charge in [-0.05, 0) is 37.3 Å². The van der Waals surface area contributed by atoms with Gasteiger partial charge in [-0.25, -0.2) is 9.79 Å². The number of nitrogens with zero attached hydrogens (tertiary/aromatic N) is 1. The molecule has 0 fully saturated rings. The molecule has 8 nitrogen and oxygen atoms in total. The Hall–Kier alpha value is -3.33. The summed E-state index contributed by atoms with van der Waals surface area (Å²) in [6.07, 6.45) is -0.542. The van der Waals surface area contributed by atoms with E-state index < -0.39 is 6.09 Å². The Balaban J connectivity index is 2.37. The van der Waals surface area contributed by atoms with Crippen LogP contribution in [0.4, 0.5) is 16.2 Å². The van der Waals surface area contributed by atoms with Crippen LogP contribution in [0.25, 0.3) is 0 Å². The number of hydrogen-bond donors (Lipinski definition) is 3. The third kappa shape index (κ3) is 7.59. The average molecular weight is 429 g/mol. The number of nitrogens with one attached hydrogen (secondary N) is 3. The van der Waals surface area contributed by atoms with Crippen LogP contribution in [-0.4, -0.2) is 30.5 Å². The van der Waals surface area contributed by atoms with E-state index in [0.29, 0.717) is 11.4 Å². The Labute approximate surface area is 179 Å². The molecule has 0 saturated carbocycles. The molecule has 0 bridgehead atoms. The monoisotopic (exact) mass is 428 g/mol. The zero-order chi connectivity index (χ0) is 21.9. The van der Waals surface area contributed by atoms with E-state index >= 15 is 0 Å². The van der Waals surface area contributed by atoms with Gasteiger partial charge in [0.05, 0.1) is 18.0 Å². The van der Waals surface area contributed by atoms with Gasteiger partial charge in [-0.15, -0.1) is 0 Å².